The predicted octanol–water partition coefficient (Wildman–Crippen LogP) is 2.45. The average Bonchev–Trinajstić information content (AvgIpc) is 2.02. The summed E-state index contributed by atoms with van der Waals surface area (Å²) in [5, 5.41) is 0. The first-order valence-electron chi connectivity index (χ1n) is 3.51. The molecule has 13 heavy (non-hydrogen) atoms. The van der Waals surface area contributed by atoms with Gasteiger partial charge in [-0.2, -0.15) is 0 Å². The molecule has 0 aliphatic carbocycles. The third-order valence-corrected chi connectivity index (χ3v) is 2.66. The molecule has 1 aromatic carbocycles. The van der Waals surface area contributed by atoms with Crippen LogP contribution in [0.5, 0.6) is 0 Å². The molecule has 3 nitrogen and oxygen atoms in total. The molecule has 0 radical (unpaired) electrons. The van der Waals surface area contributed by atoms with Crippen molar-refractivity contribution in [3.05, 3.63) is 37.6 Å². The van der Waals surface area contributed by atoms with E-state index in [4.69, 9.17) is 0 Å². The third-order valence-electron chi connectivity index (χ3n) is 1.60. The predicted molar refractivity (Wildman–Crippen MR) is 57.8 cm³/mol. The Kier molecular flexibility index (Phi) is 2.21. The quantitative estimate of drug-likeness (QED) is 0.812. The van der Waals surface area contributed by atoms with Gasteiger partial charge in [0.2, 0.25) is 0 Å². The molecule has 0 saturated heterocycles. The van der Waals surface area contributed by atoms with Gasteiger partial charge in [0, 0.05) is 8.95 Å². The van der Waals surface area contributed by atoms with Gasteiger partial charge < -0.3 is 4.98 Å². The van der Waals surface area contributed by atoms with Crippen LogP contribution in [-0.4, -0.2) is 9.97 Å². The first-order chi connectivity index (χ1) is 6.16. The van der Waals surface area contributed by atoms with Crippen LogP contribution in [0.2, 0.25) is 0 Å². The van der Waals surface area contributed by atoms with Gasteiger partial charge in [-0.25, -0.2) is 4.98 Å². The fraction of sp³-hybridized carbons (Fsp3) is 0. The highest BCUT2D eigenvalue weighted by Gasteiger charge is 2.01. The highest BCUT2D eigenvalue weighted by atomic mass is 79.9. The van der Waals surface area contributed by atoms with E-state index < -0.39 is 0 Å². The Bertz CT molecular complexity index is 521. The second kappa shape index (κ2) is 3.23. The van der Waals surface area contributed by atoms with Crippen molar-refractivity contribution < 1.29 is 0 Å². The van der Waals surface area contributed by atoms with Gasteiger partial charge in [-0.1, -0.05) is 15.9 Å². The zero-order chi connectivity index (χ0) is 9.42. The summed E-state index contributed by atoms with van der Waals surface area (Å²) in [6.07, 6.45) is 1.26. The lowest BCUT2D eigenvalue weighted by molar-refractivity contribution is 1.21. The molecule has 1 aromatic heterocycles. The Morgan fingerprint density at radius 3 is 2.85 bits per heavy atom. The van der Waals surface area contributed by atoms with Gasteiger partial charge in [0.05, 0.1) is 11.7 Å². The van der Waals surface area contributed by atoms with Crippen LogP contribution in [0.1, 0.15) is 0 Å². The van der Waals surface area contributed by atoms with Crippen molar-refractivity contribution in [2.45, 2.75) is 0 Å². The smallest absolute Gasteiger partial charge is 0.266 e. The molecule has 1 heterocycles. The fourth-order valence-electron chi connectivity index (χ4n) is 1.08. The SMILES string of the molecule is O=c1cnc2c(Br)cc(Br)cc2[nH]1. The molecule has 1 N–H and O–H groups in total. The van der Waals surface area contributed by atoms with Crippen molar-refractivity contribution in [1.82, 2.24) is 9.97 Å². The van der Waals surface area contributed by atoms with Crippen molar-refractivity contribution in [2.24, 2.45) is 0 Å². The lowest BCUT2D eigenvalue weighted by Gasteiger charge is -1.99. The number of hydrogen-bond donors (Lipinski definition) is 1. The van der Waals surface area contributed by atoms with Crippen molar-refractivity contribution in [1.29, 1.82) is 0 Å². The molecule has 0 aliphatic rings. The van der Waals surface area contributed by atoms with Gasteiger partial charge in [-0.3, -0.25) is 4.79 Å². The van der Waals surface area contributed by atoms with Crippen LogP contribution in [0.4, 0.5) is 0 Å². The maximum atomic E-state index is 11.0. The van der Waals surface area contributed by atoms with E-state index in [1.807, 2.05) is 12.1 Å². The van der Waals surface area contributed by atoms with Gasteiger partial charge in [0.1, 0.15) is 5.52 Å². The van der Waals surface area contributed by atoms with Crippen LogP contribution < -0.4 is 5.56 Å². The fourth-order valence-corrected chi connectivity index (χ4v) is 2.41. The Morgan fingerprint density at radius 2 is 2.08 bits per heavy atom. The van der Waals surface area contributed by atoms with Crippen LogP contribution in [0.3, 0.4) is 0 Å². The van der Waals surface area contributed by atoms with Crippen LogP contribution in [-0.2, 0) is 0 Å². The Morgan fingerprint density at radius 1 is 1.31 bits per heavy atom. The minimum atomic E-state index is -0.197. The topological polar surface area (TPSA) is 45.8 Å². The number of aromatic amines is 1. The second-order valence-corrected chi connectivity index (χ2v) is 4.30. The van der Waals surface area contributed by atoms with Gasteiger partial charge in [0.15, 0.2) is 0 Å². The molecule has 0 atom stereocenters. The van der Waals surface area contributed by atoms with Crippen molar-refractivity contribution in [3.8, 4) is 0 Å². The molecule has 66 valence electrons. The maximum Gasteiger partial charge on any atom is 0.266 e. The summed E-state index contributed by atoms with van der Waals surface area (Å²) in [5.74, 6) is 0. The number of nitrogens with zero attached hydrogens (tertiary/aromatic N) is 1. The molecular formula is C8H4Br2N2O. The van der Waals surface area contributed by atoms with Crippen molar-refractivity contribution in [2.75, 3.05) is 0 Å². The van der Waals surface area contributed by atoms with E-state index >= 15 is 0 Å². The highest BCUT2D eigenvalue weighted by molar-refractivity contribution is 9.11. The van der Waals surface area contributed by atoms with E-state index in [0.717, 1.165) is 14.5 Å². The standard InChI is InChI=1S/C8H4Br2N2O/c9-4-1-5(10)8-6(2-4)12-7(13)3-11-8/h1-3H,(H,12,13). The summed E-state index contributed by atoms with van der Waals surface area (Å²) in [6, 6.07) is 3.70. The van der Waals surface area contributed by atoms with Crippen LogP contribution in [0.15, 0.2) is 32.1 Å². The average molecular weight is 304 g/mol. The number of aromatic nitrogens is 2. The summed E-state index contributed by atoms with van der Waals surface area (Å²) in [5.41, 5.74) is 1.27. The van der Waals surface area contributed by atoms with E-state index in [-0.39, 0.29) is 5.56 Å². The number of benzene rings is 1. The van der Waals surface area contributed by atoms with E-state index in [1.165, 1.54) is 6.20 Å². The van der Waals surface area contributed by atoms with E-state index in [1.54, 1.807) is 0 Å². The van der Waals surface area contributed by atoms with Crippen molar-refractivity contribution in [3.63, 3.8) is 0 Å². The Hall–Kier alpha value is -0.680. The van der Waals surface area contributed by atoms with Gasteiger partial charge in [-0.05, 0) is 28.1 Å². The first kappa shape index (κ1) is 8.90. The number of rotatable bonds is 0. The van der Waals surface area contributed by atoms with E-state index in [9.17, 15) is 4.79 Å². The minimum Gasteiger partial charge on any atom is -0.319 e. The molecule has 0 aliphatic heterocycles. The number of fused-ring (bicyclic) bond motifs is 1. The molecule has 0 unspecified atom stereocenters. The molecule has 0 bridgehead atoms. The summed E-state index contributed by atoms with van der Waals surface area (Å²) in [7, 11) is 0. The summed E-state index contributed by atoms with van der Waals surface area (Å²) >= 11 is 6.69. The Balaban J connectivity index is 2.94. The maximum absolute atomic E-state index is 11.0. The van der Waals surface area contributed by atoms with Gasteiger partial charge >= 0.3 is 0 Å². The molecular weight excluding hydrogens is 300 g/mol. The Labute approximate surface area is 90.4 Å². The largest absolute Gasteiger partial charge is 0.319 e. The minimum absolute atomic E-state index is 0.197. The molecule has 0 fully saturated rings. The second-order valence-electron chi connectivity index (χ2n) is 2.53. The van der Waals surface area contributed by atoms with Crippen LogP contribution >= 0.6 is 31.9 Å². The van der Waals surface area contributed by atoms with Crippen molar-refractivity contribution >= 4 is 42.9 Å². The van der Waals surface area contributed by atoms with Gasteiger partial charge in [0.25, 0.3) is 5.56 Å². The molecule has 2 rings (SSSR count). The van der Waals surface area contributed by atoms with Crippen LogP contribution in [0.25, 0.3) is 11.0 Å². The van der Waals surface area contributed by atoms with E-state index in [0.29, 0.717) is 5.52 Å². The van der Waals surface area contributed by atoms with Gasteiger partial charge in [-0.15, -0.1) is 0 Å². The first-order valence-corrected chi connectivity index (χ1v) is 5.09. The number of nitrogens with one attached hydrogen (secondary N) is 1. The third kappa shape index (κ3) is 1.66. The molecule has 0 saturated carbocycles. The highest BCUT2D eigenvalue weighted by Crippen LogP contribution is 2.24. The summed E-state index contributed by atoms with van der Waals surface area (Å²) in [6.45, 7) is 0. The van der Waals surface area contributed by atoms with E-state index in [2.05, 4.69) is 41.8 Å². The molecule has 0 amide bonds. The number of hydrogen-bond acceptors (Lipinski definition) is 2. The lowest BCUT2D eigenvalue weighted by Crippen LogP contribution is -2.04. The normalized spacial score (nSPS) is 10.6. The summed E-state index contributed by atoms with van der Waals surface area (Å²) < 4.78 is 1.75. The molecule has 5 heteroatoms. The van der Waals surface area contributed by atoms with Crippen LogP contribution in [0, 0.1) is 0 Å². The lowest BCUT2D eigenvalue weighted by atomic mass is 10.3. The zero-order valence-corrected chi connectivity index (χ0v) is 9.52. The molecule has 0 spiro atoms. The summed E-state index contributed by atoms with van der Waals surface area (Å²) in [4.78, 5) is 17.7. The number of halogens is 2. The molecule has 2 aromatic rings. The number of H-pyrrole nitrogens is 1. The zero-order valence-electron chi connectivity index (χ0n) is 6.34. The monoisotopic (exact) mass is 302 g/mol.